The summed E-state index contributed by atoms with van der Waals surface area (Å²) >= 11 is 0. The first-order chi connectivity index (χ1) is 12.1. The van der Waals surface area contributed by atoms with Gasteiger partial charge in [0.1, 0.15) is 17.4 Å². The van der Waals surface area contributed by atoms with Crippen molar-refractivity contribution in [2.24, 2.45) is 7.05 Å². The van der Waals surface area contributed by atoms with Gasteiger partial charge in [0, 0.05) is 50.9 Å². The summed E-state index contributed by atoms with van der Waals surface area (Å²) in [6, 6.07) is 8.30. The number of carbonyl (C=O) groups excluding carboxylic acids is 1. The topological polar surface area (TPSA) is 63.3 Å². The zero-order valence-corrected chi connectivity index (χ0v) is 14.5. The van der Waals surface area contributed by atoms with Crippen LogP contribution in [0.15, 0.2) is 47.3 Å². The lowest BCUT2D eigenvalue weighted by Crippen LogP contribution is -2.49. The van der Waals surface area contributed by atoms with Gasteiger partial charge in [0.05, 0.1) is 6.26 Å². The minimum atomic E-state index is -0.0566. The summed E-state index contributed by atoms with van der Waals surface area (Å²) in [6.45, 7) is 0.745. The van der Waals surface area contributed by atoms with Crippen molar-refractivity contribution in [3.05, 3.63) is 54.3 Å². The molecule has 3 heterocycles. The number of nitrogens with zero attached hydrogens (tertiary/aromatic N) is 3. The Morgan fingerprint density at radius 1 is 1.32 bits per heavy atom. The predicted molar refractivity (Wildman–Crippen MR) is 94.8 cm³/mol. The maximum Gasteiger partial charge on any atom is 0.223 e. The normalized spacial score (nSPS) is 21.2. The summed E-state index contributed by atoms with van der Waals surface area (Å²) in [7, 11) is 3.84. The Hall–Kier alpha value is -2.60. The second kappa shape index (κ2) is 6.37. The van der Waals surface area contributed by atoms with E-state index in [1.807, 2.05) is 41.9 Å². The molecule has 1 saturated heterocycles. The van der Waals surface area contributed by atoms with Crippen LogP contribution in [-0.2, 0) is 18.4 Å². The van der Waals surface area contributed by atoms with Crippen molar-refractivity contribution in [2.75, 3.05) is 7.05 Å². The summed E-state index contributed by atoms with van der Waals surface area (Å²) in [5, 5.41) is 4.74. The van der Waals surface area contributed by atoms with Crippen LogP contribution >= 0.6 is 0 Å². The van der Waals surface area contributed by atoms with Gasteiger partial charge in [0.2, 0.25) is 5.91 Å². The first-order valence-electron chi connectivity index (χ1n) is 8.56. The Morgan fingerprint density at radius 3 is 3.00 bits per heavy atom. The lowest BCUT2D eigenvalue weighted by Gasteiger charge is -2.39. The number of benzene rings is 1. The van der Waals surface area contributed by atoms with Crippen molar-refractivity contribution >= 4 is 16.9 Å². The second-order valence-electron chi connectivity index (χ2n) is 6.66. The van der Waals surface area contributed by atoms with E-state index in [4.69, 9.17) is 4.42 Å². The van der Waals surface area contributed by atoms with E-state index in [0.29, 0.717) is 6.42 Å². The van der Waals surface area contributed by atoms with E-state index >= 15 is 0 Å². The Labute approximate surface area is 146 Å². The number of amides is 1. The summed E-state index contributed by atoms with van der Waals surface area (Å²) in [6.07, 6.45) is 6.80. The molecule has 0 bridgehead atoms. The third-order valence-corrected chi connectivity index (χ3v) is 5.07. The van der Waals surface area contributed by atoms with Crippen molar-refractivity contribution < 1.29 is 9.21 Å². The number of likely N-dealkylation sites (N-methyl/N-ethyl adjacent to an activating group) is 1. The molecule has 2 atom stereocenters. The molecule has 2 aromatic heterocycles. The highest BCUT2D eigenvalue weighted by Gasteiger charge is 2.36. The van der Waals surface area contributed by atoms with E-state index in [1.54, 1.807) is 12.5 Å². The number of hydrogen-bond acceptors (Lipinski definition) is 4. The first-order valence-corrected chi connectivity index (χ1v) is 8.56. The van der Waals surface area contributed by atoms with Crippen LogP contribution in [0.2, 0.25) is 0 Å². The van der Waals surface area contributed by atoms with Crippen LogP contribution in [0.25, 0.3) is 11.0 Å². The maximum absolute atomic E-state index is 12.2. The number of nitrogens with one attached hydrogen (secondary N) is 1. The molecule has 25 heavy (non-hydrogen) atoms. The number of aromatic nitrogens is 2. The molecule has 1 aliphatic heterocycles. The van der Waals surface area contributed by atoms with Crippen molar-refractivity contribution in [3.63, 3.8) is 0 Å². The Morgan fingerprint density at radius 2 is 2.20 bits per heavy atom. The highest BCUT2D eigenvalue weighted by atomic mass is 16.3. The Balaban J connectivity index is 1.54. The molecule has 1 aliphatic rings. The summed E-state index contributed by atoms with van der Waals surface area (Å²) in [5.41, 5.74) is 2.10. The molecule has 0 radical (unpaired) electrons. The van der Waals surface area contributed by atoms with Gasteiger partial charge in [-0.1, -0.05) is 6.07 Å². The van der Waals surface area contributed by atoms with Crippen molar-refractivity contribution in [3.8, 4) is 0 Å². The molecule has 1 N–H and O–H groups in total. The minimum Gasteiger partial charge on any atom is -0.464 e. The highest BCUT2D eigenvalue weighted by molar-refractivity contribution is 5.78. The molecule has 1 fully saturated rings. The first kappa shape index (κ1) is 15.9. The molecule has 1 aromatic carbocycles. The van der Waals surface area contributed by atoms with Gasteiger partial charge in [-0.2, -0.15) is 0 Å². The molecule has 0 spiro atoms. The number of carbonyl (C=O) groups is 1. The number of imidazole rings is 1. The SMILES string of the molecule is CN1C(=O)CC[C@@H](NCc2ccc3occc3c2)[C@@H]1c1nccn1C. The van der Waals surface area contributed by atoms with E-state index in [9.17, 15) is 4.79 Å². The van der Waals surface area contributed by atoms with E-state index in [0.717, 1.165) is 29.8 Å². The molecule has 0 unspecified atom stereocenters. The number of furan rings is 1. The minimum absolute atomic E-state index is 0.0566. The van der Waals surface area contributed by atoms with Gasteiger partial charge in [0.15, 0.2) is 0 Å². The summed E-state index contributed by atoms with van der Waals surface area (Å²) < 4.78 is 7.39. The van der Waals surface area contributed by atoms with Crippen LogP contribution in [0.1, 0.15) is 30.3 Å². The van der Waals surface area contributed by atoms with Crippen LogP contribution in [0, 0.1) is 0 Å². The molecule has 1 amide bonds. The molecule has 4 rings (SSSR count). The molecular weight excluding hydrogens is 316 g/mol. The van der Waals surface area contributed by atoms with Gasteiger partial charge in [-0.05, 0) is 30.2 Å². The number of fused-ring (bicyclic) bond motifs is 1. The van der Waals surface area contributed by atoms with Crippen molar-refractivity contribution in [2.45, 2.75) is 31.5 Å². The highest BCUT2D eigenvalue weighted by Crippen LogP contribution is 2.30. The summed E-state index contributed by atoms with van der Waals surface area (Å²) in [5.74, 6) is 1.09. The fourth-order valence-corrected chi connectivity index (χ4v) is 3.64. The molecule has 0 aliphatic carbocycles. The van der Waals surface area contributed by atoms with Crippen LogP contribution in [0.4, 0.5) is 0 Å². The van der Waals surface area contributed by atoms with E-state index in [1.165, 1.54) is 5.56 Å². The van der Waals surface area contributed by atoms with Crippen LogP contribution < -0.4 is 5.32 Å². The number of aryl methyl sites for hydroxylation is 1. The van der Waals surface area contributed by atoms with E-state index in [-0.39, 0.29) is 18.0 Å². The van der Waals surface area contributed by atoms with Gasteiger partial charge in [-0.25, -0.2) is 4.98 Å². The zero-order valence-electron chi connectivity index (χ0n) is 14.5. The molecule has 6 nitrogen and oxygen atoms in total. The average Bonchev–Trinajstić information content (AvgIpc) is 3.24. The largest absolute Gasteiger partial charge is 0.464 e. The van der Waals surface area contributed by atoms with Crippen LogP contribution in [-0.4, -0.2) is 33.4 Å². The monoisotopic (exact) mass is 338 g/mol. The van der Waals surface area contributed by atoms with E-state index in [2.05, 4.69) is 22.4 Å². The van der Waals surface area contributed by atoms with Crippen LogP contribution in [0.3, 0.4) is 0 Å². The lowest BCUT2D eigenvalue weighted by molar-refractivity contribution is -0.136. The molecule has 130 valence electrons. The quantitative estimate of drug-likeness (QED) is 0.794. The summed E-state index contributed by atoms with van der Waals surface area (Å²) in [4.78, 5) is 18.5. The number of hydrogen-bond donors (Lipinski definition) is 1. The lowest BCUT2D eigenvalue weighted by atomic mass is 9.95. The van der Waals surface area contributed by atoms with E-state index < -0.39 is 0 Å². The molecular formula is C19H22N4O2. The van der Waals surface area contributed by atoms with Crippen LogP contribution in [0.5, 0.6) is 0 Å². The predicted octanol–water partition coefficient (Wildman–Crippen LogP) is 2.62. The maximum atomic E-state index is 12.2. The van der Waals surface area contributed by atoms with Gasteiger partial charge in [0.25, 0.3) is 0 Å². The molecule has 3 aromatic rings. The third kappa shape index (κ3) is 2.93. The van der Waals surface area contributed by atoms with Crippen molar-refractivity contribution in [1.29, 1.82) is 0 Å². The third-order valence-electron chi connectivity index (χ3n) is 5.07. The number of piperidine rings is 1. The average molecular weight is 338 g/mol. The number of likely N-dealkylation sites (tertiary alicyclic amines) is 1. The standard InChI is InChI=1S/C19H22N4O2/c1-22-9-8-20-19(22)18-15(4-6-17(24)23(18)2)21-12-13-3-5-16-14(11-13)7-10-25-16/h3,5,7-11,15,18,21H,4,6,12H2,1-2H3/t15-,18-/m1/s1. The smallest absolute Gasteiger partial charge is 0.223 e. The fourth-order valence-electron chi connectivity index (χ4n) is 3.64. The zero-order chi connectivity index (χ0) is 17.4. The van der Waals surface area contributed by atoms with Gasteiger partial charge in [-0.3, -0.25) is 4.79 Å². The van der Waals surface area contributed by atoms with Gasteiger partial charge < -0.3 is 19.2 Å². The Kier molecular flexibility index (Phi) is 4.05. The molecule has 0 saturated carbocycles. The van der Waals surface area contributed by atoms with Gasteiger partial charge in [-0.15, -0.1) is 0 Å². The molecule has 6 heteroatoms. The fraction of sp³-hybridized carbons (Fsp3) is 0.368. The van der Waals surface area contributed by atoms with Crippen molar-refractivity contribution in [1.82, 2.24) is 19.8 Å². The number of rotatable bonds is 4. The second-order valence-corrected chi connectivity index (χ2v) is 6.66. The Bertz CT molecular complexity index is 898. The van der Waals surface area contributed by atoms with Gasteiger partial charge >= 0.3 is 0 Å².